The fraction of sp³-hybridized carbons (Fsp3) is 0.250. The summed E-state index contributed by atoms with van der Waals surface area (Å²) in [6, 6.07) is 15.7. The lowest BCUT2D eigenvalue weighted by Crippen LogP contribution is -2.31. The second-order valence-electron chi connectivity index (χ2n) is 8.37. The van der Waals surface area contributed by atoms with Crippen LogP contribution in [0.2, 0.25) is 20.1 Å². The maximum atomic E-state index is 11.6. The van der Waals surface area contributed by atoms with Crippen LogP contribution in [0, 0.1) is 16.0 Å². The van der Waals surface area contributed by atoms with Crippen molar-refractivity contribution in [2.24, 2.45) is 5.92 Å². The number of halogens is 5. The van der Waals surface area contributed by atoms with Crippen LogP contribution in [0.1, 0.15) is 29.5 Å². The minimum absolute atomic E-state index is 0.0424. The Morgan fingerprint density at radius 1 is 0.971 bits per heavy atom. The molecule has 1 fully saturated rings. The number of alkyl halides is 1. The monoisotopic (exact) mass is 572 g/mol. The van der Waals surface area contributed by atoms with Gasteiger partial charge in [0.15, 0.2) is 0 Å². The molecule has 1 N–H and O–H groups in total. The summed E-state index contributed by atoms with van der Waals surface area (Å²) in [4.78, 5) is 11.8. The van der Waals surface area contributed by atoms with Gasteiger partial charge in [0.25, 0.3) is 5.69 Å². The van der Waals surface area contributed by atoms with Crippen LogP contribution in [0.15, 0.2) is 59.5 Å². The summed E-state index contributed by atoms with van der Waals surface area (Å²) in [6.07, 6.45) is 0.708. The molecule has 10 heteroatoms. The molecule has 1 aliphatic heterocycles. The third-order valence-electron chi connectivity index (χ3n) is 6.49. The summed E-state index contributed by atoms with van der Waals surface area (Å²) in [5.74, 6) is -0.0461. The molecule has 1 saturated carbocycles. The van der Waals surface area contributed by atoms with E-state index in [1.165, 1.54) is 17.8 Å². The van der Waals surface area contributed by atoms with E-state index in [0.717, 1.165) is 16.8 Å². The maximum Gasteiger partial charge on any atom is 0.282 e. The molecule has 34 heavy (non-hydrogen) atoms. The van der Waals surface area contributed by atoms with Crippen LogP contribution in [-0.4, -0.2) is 15.6 Å². The van der Waals surface area contributed by atoms with Crippen molar-refractivity contribution in [3.8, 4) is 0 Å². The van der Waals surface area contributed by atoms with Gasteiger partial charge in [-0.1, -0.05) is 70.7 Å². The second-order valence-corrected chi connectivity index (χ2v) is 11.8. The number of nitrogens with zero attached hydrogens (tertiary/aromatic N) is 1. The van der Waals surface area contributed by atoms with Gasteiger partial charge in [0.2, 0.25) is 0 Å². The highest BCUT2D eigenvalue weighted by atomic mass is 35.5. The van der Waals surface area contributed by atoms with Crippen molar-refractivity contribution in [1.29, 1.82) is 0 Å². The predicted molar refractivity (Wildman–Crippen MR) is 143 cm³/mol. The minimum Gasteiger partial charge on any atom is -0.376 e. The molecule has 5 rings (SSSR count). The molecule has 1 aliphatic carbocycles. The standard InChI is InChI=1S/C24H17Cl5N2O2S/c25-11-8-13-20-14(10-19(22(20)29)34-18-7-2-1-6-17(18)31(32)33)23(30-24(13)16(27)9-11)12-4-3-5-15(26)21(12)28/h1-9,14,19-20,22-23,30H,10H2. The summed E-state index contributed by atoms with van der Waals surface area (Å²) in [5, 5.41) is 16.7. The van der Waals surface area contributed by atoms with Crippen LogP contribution in [-0.2, 0) is 0 Å². The lowest BCUT2D eigenvalue weighted by Gasteiger charge is -2.39. The zero-order chi connectivity index (χ0) is 24.1. The number of hydrogen-bond donors (Lipinski definition) is 1. The molecule has 2 aliphatic rings. The molecule has 0 amide bonds. The molecular weight excluding hydrogens is 558 g/mol. The van der Waals surface area contributed by atoms with Crippen molar-refractivity contribution in [1.82, 2.24) is 0 Å². The van der Waals surface area contributed by atoms with Gasteiger partial charge in [0, 0.05) is 22.3 Å². The largest absolute Gasteiger partial charge is 0.376 e. The van der Waals surface area contributed by atoms with Crippen LogP contribution in [0.3, 0.4) is 0 Å². The van der Waals surface area contributed by atoms with Crippen molar-refractivity contribution < 1.29 is 4.92 Å². The number of fused-ring (bicyclic) bond motifs is 3. The molecule has 0 radical (unpaired) electrons. The summed E-state index contributed by atoms with van der Waals surface area (Å²) in [5.41, 5.74) is 2.66. The van der Waals surface area contributed by atoms with Crippen LogP contribution < -0.4 is 5.32 Å². The van der Waals surface area contributed by atoms with Gasteiger partial charge in [-0.05, 0) is 47.7 Å². The predicted octanol–water partition coefficient (Wildman–Crippen LogP) is 9.25. The number of hydrogen-bond acceptors (Lipinski definition) is 4. The van der Waals surface area contributed by atoms with Crippen molar-refractivity contribution in [3.05, 3.63) is 95.9 Å². The van der Waals surface area contributed by atoms with Gasteiger partial charge in [-0.15, -0.1) is 23.4 Å². The topological polar surface area (TPSA) is 55.2 Å². The highest BCUT2D eigenvalue weighted by Crippen LogP contribution is 2.60. The number of nitrogens with one attached hydrogen (secondary N) is 1. The summed E-state index contributed by atoms with van der Waals surface area (Å²) in [7, 11) is 0. The van der Waals surface area contributed by atoms with Crippen molar-refractivity contribution in [2.75, 3.05) is 5.32 Å². The van der Waals surface area contributed by atoms with Crippen molar-refractivity contribution >= 4 is 81.1 Å². The first-order chi connectivity index (χ1) is 16.3. The number of anilines is 1. The molecule has 0 spiro atoms. The Morgan fingerprint density at radius 2 is 1.74 bits per heavy atom. The molecule has 0 aromatic heterocycles. The molecule has 1 heterocycles. The number of nitro groups is 1. The third kappa shape index (κ3) is 4.25. The number of thioether (sulfide) groups is 1. The number of para-hydroxylation sites is 1. The van der Waals surface area contributed by atoms with Gasteiger partial charge >= 0.3 is 0 Å². The fourth-order valence-electron chi connectivity index (χ4n) is 5.08. The van der Waals surface area contributed by atoms with Crippen LogP contribution in [0.25, 0.3) is 0 Å². The van der Waals surface area contributed by atoms with E-state index in [1.807, 2.05) is 18.2 Å². The van der Waals surface area contributed by atoms with Crippen LogP contribution >= 0.6 is 69.8 Å². The minimum atomic E-state index is -0.363. The zero-order valence-electron chi connectivity index (χ0n) is 17.4. The Hall–Kier alpha value is -1.34. The third-order valence-corrected chi connectivity index (χ3v) is 9.96. The average molecular weight is 575 g/mol. The maximum absolute atomic E-state index is 11.6. The van der Waals surface area contributed by atoms with Gasteiger partial charge in [0.1, 0.15) is 0 Å². The van der Waals surface area contributed by atoms with Crippen molar-refractivity contribution in [2.45, 2.75) is 33.9 Å². The average Bonchev–Trinajstić information content (AvgIpc) is 3.12. The Balaban J connectivity index is 1.59. The van der Waals surface area contributed by atoms with E-state index in [9.17, 15) is 10.1 Å². The Bertz CT molecular complexity index is 1290. The van der Waals surface area contributed by atoms with Gasteiger partial charge in [0.05, 0.1) is 42.0 Å². The lowest BCUT2D eigenvalue weighted by atomic mass is 9.77. The first-order valence-corrected chi connectivity index (χ1v) is 13.3. The van der Waals surface area contributed by atoms with Gasteiger partial charge in [-0.25, -0.2) is 0 Å². The zero-order valence-corrected chi connectivity index (χ0v) is 21.9. The SMILES string of the molecule is O=[N+]([O-])c1ccccc1SC1CC2C(c3cccc(Cl)c3Cl)Nc3c(Cl)cc(Cl)cc3C2C1Cl. The molecule has 0 saturated heterocycles. The lowest BCUT2D eigenvalue weighted by molar-refractivity contribution is -0.387. The van der Waals surface area contributed by atoms with Gasteiger partial charge < -0.3 is 5.32 Å². The quantitative estimate of drug-likeness (QED) is 0.192. The summed E-state index contributed by atoms with van der Waals surface area (Å²) >= 11 is 34.5. The van der Waals surface area contributed by atoms with Gasteiger partial charge in [-0.2, -0.15) is 0 Å². The smallest absolute Gasteiger partial charge is 0.282 e. The number of rotatable bonds is 4. The van der Waals surface area contributed by atoms with E-state index in [-0.39, 0.29) is 39.1 Å². The number of nitro benzene ring substituents is 1. The van der Waals surface area contributed by atoms with E-state index in [4.69, 9.17) is 58.0 Å². The van der Waals surface area contributed by atoms with E-state index >= 15 is 0 Å². The van der Waals surface area contributed by atoms with E-state index in [0.29, 0.717) is 31.4 Å². The highest BCUT2D eigenvalue weighted by Gasteiger charge is 2.51. The van der Waals surface area contributed by atoms with Gasteiger partial charge in [-0.3, -0.25) is 10.1 Å². The highest BCUT2D eigenvalue weighted by molar-refractivity contribution is 8.00. The second kappa shape index (κ2) is 9.61. The van der Waals surface area contributed by atoms with E-state index < -0.39 is 0 Å². The Kier molecular flexibility index (Phi) is 6.88. The summed E-state index contributed by atoms with van der Waals surface area (Å²) < 4.78 is 0. The van der Waals surface area contributed by atoms with Crippen molar-refractivity contribution in [3.63, 3.8) is 0 Å². The van der Waals surface area contributed by atoms with Crippen LogP contribution in [0.5, 0.6) is 0 Å². The Morgan fingerprint density at radius 3 is 2.50 bits per heavy atom. The normalized spacial score (nSPS) is 25.4. The molecule has 3 aromatic rings. The molecular formula is C24H17Cl5N2O2S. The van der Waals surface area contributed by atoms with E-state index in [2.05, 4.69) is 5.32 Å². The molecule has 4 nitrogen and oxygen atoms in total. The first-order valence-electron chi connectivity index (χ1n) is 10.5. The first kappa shape index (κ1) is 24.4. The van der Waals surface area contributed by atoms with E-state index in [1.54, 1.807) is 30.3 Å². The molecule has 176 valence electrons. The number of benzene rings is 3. The molecule has 5 unspecified atom stereocenters. The molecule has 0 bridgehead atoms. The van der Waals surface area contributed by atoms with Crippen LogP contribution in [0.4, 0.5) is 11.4 Å². The summed E-state index contributed by atoms with van der Waals surface area (Å²) in [6.45, 7) is 0. The fourth-order valence-corrected chi connectivity index (χ4v) is 8.02. The molecule has 5 atom stereocenters. The molecule has 3 aromatic carbocycles. The Labute approximate surface area is 226 Å².